The Hall–Kier alpha value is -3.35. The smallest absolute Gasteiger partial charge is 0.408 e. The maximum Gasteiger partial charge on any atom is 0.420 e. The van der Waals surface area contributed by atoms with Gasteiger partial charge >= 0.3 is 5.76 Å². The summed E-state index contributed by atoms with van der Waals surface area (Å²) in [7, 11) is 0. The minimum absolute atomic E-state index is 0.147. The largest absolute Gasteiger partial charge is 0.420 e. The van der Waals surface area contributed by atoms with Gasteiger partial charge in [-0.25, -0.2) is 4.79 Å². The zero-order valence-electron chi connectivity index (χ0n) is 14.1. The van der Waals surface area contributed by atoms with E-state index >= 15 is 0 Å². The molecule has 7 nitrogen and oxygen atoms in total. The summed E-state index contributed by atoms with van der Waals surface area (Å²) in [6, 6.07) is 13.8. The minimum Gasteiger partial charge on any atom is -0.408 e. The quantitative estimate of drug-likeness (QED) is 0.768. The van der Waals surface area contributed by atoms with Gasteiger partial charge < -0.3 is 14.6 Å². The number of benzene rings is 2. The van der Waals surface area contributed by atoms with Crippen LogP contribution >= 0.6 is 0 Å². The molecule has 4 rings (SSSR count). The van der Waals surface area contributed by atoms with Crippen molar-refractivity contribution in [3.63, 3.8) is 0 Å². The number of nitrogens with zero attached hydrogens (tertiary/aromatic N) is 2. The molecule has 1 N–H and O–H groups in total. The van der Waals surface area contributed by atoms with Crippen molar-refractivity contribution in [3.8, 4) is 0 Å². The molecule has 7 heteroatoms. The Kier molecular flexibility index (Phi) is 3.84. The van der Waals surface area contributed by atoms with E-state index < -0.39 is 5.76 Å². The van der Waals surface area contributed by atoms with Gasteiger partial charge in [-0.1, -0.05) is 24.3 Å². The van der Waals surface area contributed by atoms with Crippen molar-refractivity contribution >= 4 is 34.3 Å². The first-order chi connectivity index (χ1) is 12.5. The van der Waals surface area contributed by atoms with Gasteiger partial charge in [0, 0.05) is 12.5 Å². The van der Waals surface area contributed by atoms with E-state index in [0.29, 0.717) is 22.5 Å². The fraction of sp³-hybridized carbons (Fsp3) is 0.211. The summed E-state index contributed by atoms with van der Waals surface area (Å²) in [5.41, 5.74) is 2.21. The summed E-state index contributed by atoms with van der Waals surface area (Å²) in [6.45, 7) is 1.65. The predicted octanol–water partition coefficient (Wildman–Crippen LogP) is 2.36. The first kappa shape index (κ1) is 16.1. The number of hydrogen-bond donors (Lipinski definition) is 1. The van der Waals surface area contributed by atoms with Crippen molar-refractivity contribution in [1.82, 2.24) is 4.57 Å². The molecule has 1 aliphatic heterocycles. The van der Waals surface area contributed by atoms with Crippen LogP contribution in [0.15, 0.2) is 57.7 Å². The molecule has 3 aromatic rings. The third-order valence-corrected chi connectivity index (χ3v) is 4.50. The second-order valence-electron chi connectivity index (χ2n) is 6.30. The highest BCUT2D eigenvalue weighted by Crippen LogP contribution is 2.31. The van der Waals surface area contributed by atoms with Crippen LogP contribution in [0.2, 0.25) is 0 Å². The first-order valence-electron chi connectivity index (χ1n) is 8.34. The third-order valence-electron chi connectivity index (χ3n) is 4.50. The topological polar surface area (TPSA) is 84.5 Å². The summed E-state index contributed by atoms with van der Waals surface area (Å²) in [5.74, 6) is -1.01. The Morgan fingerprint density at radius 1 is 1.15 bits per heavy atom. The van der Waals surface area contributed by atoms with Gasteiger partial charge in [0.1, 0.15) is 6.54 Å². The van der Waals surface area contributed by atoms with E-state index in [-0.39, 0.29) is 30.8 Å². The van der Waals surface area contributed by atoms with Gasteiger partial charge in [0.2, 0.25) is 11.8 Å². The van der Waals surface area contributed by atoms with Crippen molar-refractivity contribution in [1.29, 1.82) is 0 Å². The fourth-order valence-corrected chi connectivity index (χ4v) is 3.34. The van der Waals surface area contributed by atoms with Gasteiger partial charge in [-0.3, -0.25) is 14.2 Å². The number of rotatable bonds is 2. The molecule has 132 valence electrons. The number of carbonyl (C=O) groups excluding carboxylic acids is 2. The van der Waals surface area contributed by atoms with E-state index in [4.69, 9.17) is 4.42 Å². The Morgan fingerprint density at radius 3 is 2.73 bits per heavy atom. The summed E-state index contributed by atoms with van der Waals surface area (Å²) in [5, 5.41) is 2.82. The van der Waals surface area contributed by atoms with E-state index in [0.717, 1.165) is 0 Å². The summed E-state index contributed by atoms with van der Waals surface area (Å²) < 4.78 is 6.51. The molecule has 0 unspecified atom stereocenters. The molecule has 2 amide bonds. The highest BCUT2D eigenvalue weighted by Gasteiger charge is 2.30. The molecule has 1 aliphatic rings. The Balaban J connectivity index is 1.74. The number of carbonyl (C=O) groups is 2. The monoisotopic (exact) mass is 351 g/mol. The van der Waals surface area contributed by atoms with Crippen molar-refractivity contribution in [2.75, 3.05) is 10.2 Å². The lowest BCUT2D eigenvalue weighted by molar-refractivity contribution is -0.119. The lowest BCUT2D eigenvalue weighted by Gasteiger charge is -2.27. The zero-order chi connectivity index (χ0) is 18.3. The summed E-state index contributed by atoms with van der Waals surface area (Å²) in [4.78, 5) is 38.9. The Labute approximate surface area is 148 Å². The van der Waals surface area contributed by atoms with Crippen molar-refractivity contribution in [3.05, 3.63) is 59.1 Å². The maximum absolute atomic E-state index is 13.1. The van der Waals surface area contributed by atoms with Crippen LogP contribution in [0.1, 0.15) is 13.3 Å². The van der Waals surface area contributed by atoms with Crippen molar-refractivity contribution in [2.45, 2.75) is 25.9 Å². The van der Waals surface area contributed by atoms with Crippen LogP contribution in [0.5, 0.6) is 0 Å². The minimum atomic E-state index is -0.579. The Bertz CT molecular complexity index is 1070. The number of hydrogen-bond acceptors (Lipinski definition) is 4. The lowest BCUT2D eigenvalue weighted by Crippen LogP contribution is -2.42. The van der Waals surface area contributed by atoms with Gasteiger partial charge in [-0.2, -0.15) is 0 Å². The molecule has 0 saturated heterocycles. The molecule has 1 atom stereocenters. The molecule has 0 bridgehead atoms. The molecule has 26 heavy (non-hydrogen) atoms. The van der Waals surface area contributed by atoms with Gasteiger partial charge in [-0.15, -0.1) is 0 Å². The molecular formula is C19H17N3O4. The average molecular weight is 351 g/mol. The molecule has 2 aromatic carbocycles. The zero-order valence-corrected chi connectivity index (χ0v) is 14.1. The van der Waals surface area contributed by atoms with Crippen molar-refractivity contribution < 1.29 is 14.0 Å². The number of para-hydroxylation sites is 4. The number of aromatic nitrogens is 1. The van der Waals surface area contributed by atoms with E-state index in [1.807, 2.05) is 13.0 Å². The van der Waals surface area contributed by atoms with E-state index in [1.54, 1.807) is 47.4 Å². The van der Waals surface area contributed by atoms with Crippen LogP contribution in [0.25, 0.3) is 11.1 Å². The summed E-state index contributed by atoms with van der Waals surface area (Å²) >= 11 is 0. The van der Waals surface area contributed by atoms with Crippen LogP contribution in [0.4, 0.5) is 11.4 Å². The third kappa shape index (κ3) is 2.67. The normalized spacial score (nSPS) is 16.9. The summed E-state index contributed by atoms with van der Waals surface area (Å²) in [6.07, 6.45) is 0.182. The highest BCUT2D eigenvalue weighted by molar-refractivity contribution is 6.04. The average Bonchev–Trinajstić information content (AvgIpc) is 2.84. The van der Waals surface area contributed by atoms with Gasteiger partial charge in [0.05, 0.1) is 16.9 Å². The van der Waals surface area contributed by atoms with Gasteiger partial charge in [0.25, 0.3) is 0 Å². The number of anilines is 2. The molecule has 1 aromatic heterocycles. The molecule has 0 saturated carbocycles. The van der Waals surface area contributed by atoms with Gasteiger partial charge in [0.15, 0.2) is 5.58 Å². The molecular weight excluding hydrogens is 334 g/mol. The first-order valence-corrected chi connectivity index (χ1v) is 8.34. The van der Waals surface area contributed by atoms with E-state index in [2.05, 4.69) is 5.32 Å². The van der Waals surface area contributed by atoms with Crippen LogP contribution in [-0.2, 0) is 16.1 Å². The van der Waals surface area contributed by atoms with Crippen molar-refractivity contribution in [2.24, 2.45) is 0 Å². The maximum atomic E-state index is 13.1. The van der Waals surface area contributed by atoms with Crippen LogP contribution in [-0.4, -0.2) is 22.4 Å². The molecule has 0 fully saturated rings. The predicted molar refractivity (Wildman–Crippen MR) is 97.1 cm³/mol. The number of amides is 2. The highest BCUT2D eigenvalue weighted by atomic mass is 16.4. The second-order valence-corrected chi connectivity index (χ2v) is 6.30. The number of fused-ring (bicyclic) bond motifs is 2. The second kappa shape index (κ2) is 6.18. The number of oxazole rings is 1. The Morgan fingerprint density at radius 2 is 1.88 bits per heavy atom. The van der Waals surface area contributed by atoms with Crippen LogP contribution < -0.4 is 16.0 Å². The van der Waals surface area contributed by atoms with Crippen LogP contribution in [0.3, 0.4) is 0 Å². The number of nitrogens with one attached hydrogen (secondary N) is 1. The molecule has 0 aliphatic carbocycles. The lowest BCUT2D eigenvalue weighted by atomic mass is 10.1. The fourth-order valence-electron chi connectivity index (χ4n) is 3.34. The van der Waals surface area contributed by atoms with Crippen LogP contribution in [0, 0.1) is 0 Å². The molecule has 0 spiro atoms. The van der Waals surface area contributed by atoms with E-state index in [1.165, 1.54) is 4.57 Å². The molecule has 2 heterocycles. The SMILES string of the molecule is C[C@@H]1CC(=O)Nc2ccccc2N1C(=O)Cn1c(=O)oc2ccccc21. The molecule has 0 radical (unpaired) electrons. The van der Waals surface area contributed by atoms with E-state index in [9.17, 15) is 14.4 Å². The standard InChI is InChI=1S/C19H17N3O4/c1-12-10-17(23)20-13-6-2-3-7-14(13)22(12)18(24)11-21-15-8-4-5-9-16(15)26-19(21)25/h2-9,12H,10-11H2,1H3,(H,20,23)/t12-/m1/s1. The van der Waals surface area contributed by atoms with Gasteiger partial charge in [-0.05, 0) is 31.2 Å².